The number of benzene rings is 1. The van der Waals surface area contributed by atoms with Crippen molar-refractivity contribution in [1.29, 1.82) is 0 Å². The summed E-state index contributed by atoms with van der Waals surface area (Å²) in [4.78, 5) is 14.9. The minimum Gasteiger partial charge on any atom is -0.447 e. The Morgan fingerprint density at radius 1 is 1.53 bits per heavy atom. The van der Waals surface area contributed by atoms with Gasteiger partial charge in [0.1, 0.15) is 0 Å². The molecule has 0 fully saturated rings. The standard InChI is InChI=1S/C10H9BrN2O2/c1-5-2-3-6(4-7(5)11)8-9(14)13-10(12)15-8/h2-4,8H,1H3,(H2,12,13,14). The van der Waals surface area contributed by atoms with Crippen LogP contribution in [-0.4, -0.2) is 11.9 Å². The molecule has 1 aliphatic heterocycles. The maximum atomic E-state index is 11.4. The Morgan fingerprint density at radius 2 is 2.27 bits per heavy atom. The zero-order valence-electron chi connectivity index (χ0n) is 8.03. The first-order valence-corrected chi connectivity index (χ1v) is 5.18. The van der Waals surface area contributed by atoms with Crippen LogP contribution in [0.3, 0.4) is 0 Å². The zero-order chi connectivity index (χ0) is 11.0. The van der Waals surface area contributed by atoms with E-state index in [2.05, 4.69) is 20.9 Å². The van der Waals surface area contributed by atoms with Crippen LogP contribution in [0.5, 0.6) is 0 Å². The molecule has 1 aromatic carbocycles. The van der Waals surface area contributed by atoms with Crippen LogP contribution in [0.4, 0.5) is 0 Å². The molecule has 0 radical (unpaired) electrons. The van der Waals surface area contributed by atoms with Gasteiger partial charge in [0.25, 0.3) is 11.9 Å². The first kappa shape index (κ1) is 10.2. The molecule has 1 aliphatic rings. The normalized spacial score (nSPS) is 20.0. The van der Waals surface area contributed by atoms with Crippen LogP contribution in [0.2, 0.25) is 0 Å². The van der Waals surface area contributed by atoms with Crippen molar-refractivity contribution in [2.45, 2.75) is 13.0 Å². The third-order valence-electron chi connectivity index (χ3n) is 2.18. The molecule has 0 aromatic heterocycles. The Bertz CT molecular complexity index is 457. The van der Waals surface area contributed by atoms with Gasteiger partial charge in [0.05, 0.1) is 0 Å². The minimum atomic E-state index is -0.693. The fraction of sp³-hybridized carbons (Fsp3) is 0.200. The summed E-state index contributed by atoms with van der Waals surface area (Å²) < 4.78 is 6.04. The average molecular weight is 269 g/mol. The second kappa shape index (κ2) is 3.66. The highest BCUT2D eigenvalue weighted by Gasteiger charge is 2.29. The Hall–Kier alpha value is -1.36. The molecule has 0 bridgehead atoms. The second-order valence-corrected chi connectivity index (χ2v) is 4.15. The molecule has 15 heavy (non-hydrogen) atoms. The molecule has 5 heteroatoms. The van der Waals surface area contributed by atoms with Crippen LogP contribution < -0.4 is 5.73 Å². The molecule has 78 valence electrons. The number of rotatable bonds is 1. The van der Waals surface area contributed by atoms with E-state index in [4.69, 9.17) is 10.5 Å². The predicted molar refractivity (Wildman–Crippen MR) is 59.3 cm³/mol. The molecule has 0 saturated carbocycles. The molecule has 0 aliphatic carbocycles. The van der Waals surface area contributed by atoms with Crippen molar-refractivity contribution < 1.29 is 9.53 Å². The summed E-state index contributed by atoms with van der Waals surface area (Å²) in [6, 6.07) is 5.51. The molecule has 0 saturated heterocycles. The van der Waals surface area contributed by atoms with Crippen molar-refractivity contribution in [3.63, 3.8) is 0 Å². The average Bonchev–Trinajstić information content (AvgIpc) is 2.50. The van der Waals surface area contributed by atoms with Gasteiger partial charge in [-0.1, -0.05) is 28.1 Å². The number of aliphatic imine (C=N–C) groups is 1. The summed E-state index contributed by atoms with van der Waals surface area (Å²) >= 11 is 3.39. The summed E-state index contributed by atoms with van der Waals surface area (Å²) in [6.45, 7) is 1.97. The van der Waals surface area contributed by atoms with Gasteiger partial charge in [-0.15, -0.1) is 0 Å². The van der Waals surface area contributed by atoms with Crippen molar-refractivity contribution in [2.24, 2.45) is 10.7 Å². The van der Waals surface area contributed by atoms with Crippen LogP contribution >= 0.6 is 15.9 Å². The van der Waals surface area contributed by atoms with Crippen LogP contribution in [0.1, 0.15) is 17.2 Å². The van der Waals surface area contributed by atoms with Gasteiger partial charge in [-0.25, -0.2) is 0 Å². The number of hydrogen-bond acceptors (Lipinski definition) is 3. The number of amidine groups is 1. The van der Waals surface area contributed by atoms with Crippen molar-refractivity contribution in [1.82, 2.24) is 0 Å². The van der Waals surface area contributed by atoms with Crippen LogP contribution in [0.15, 0.2) is 27.7 Å². The molecule has 1 heterocycles. The fourth-order valence-electron chi connectivity index (χ4n) is 1.35. The number of amides is 1. The topological polar surface area (TPSA) is 64.7 Å². The van der Waals surface area contributed by atoms with Crippen molar-refractivity contribution in [3.05, 3.63) is 33.8 Å². The first-order chi connectivity index (χ1) is 7.08. The van der Waals surface area contributed by atoms with Crippen molar-refractivity contribution in [3.8, 4) is 0 Å². The third kappa shape index (κ3) is 1.87. The number of hydrogen-bond donors (Lipinski definition) is 1. The smallest absolute Gasteiger partial charge is 0.296 e. The Labute approximate surface area is 95.3 Å². The van der Waals surface area contributed by atoms with Gasteiger partial charge in [-0.2, -0.15) is 4.99 Å². The number of carbonyl (C=O) groups excluding carboxylic acids is 1. The molecule has 1 aromatic rings. The Kier molecular flexibility index (Phi) is 2.48. The van der Waals surface area contributed by atoms with Gasteiger partial charge >= 0.3 is 0 Å². The lowest BCUT2D eigenvalue weighted by Gasteiger charge is -2.09. The highest BCUT2D eigenvalue weighted by atomic mass is 79.9. The van der Waals surface area contributed by atoms with E-state index < -0.39 is 6.10 Å². The zero-order valence-corrected chi connectivity index (χ0v) is 9.61. The maximum Gasteiger partial charge on any atom is 0.296 e. The second-order valence-electron chi connectivity index (χ2n) is 3.29. The summed E-state index contributed by atoms with van der Waals surface area (Å²) in [5.41, 5.74) is 7.16. The van der Waals surface area contributed by atoms with Gasteiger partial charge in [0.15, 0.2) is 0 Å². The van der Waals surface area contributed by atoms with E-state index in [-0.39, 0.29) is 11.9 Å². The van der Waals surface area contributed by atoms with E-state index in [0.717, 1.165) is 15.6 Å². The molecular formula is C10H9BrN2O2. The highest BCUT2D eigenvalue weighted by molar-refractivity contribution is 9.10. The summed E-state index contributed by atoms with van der Waals surface area (Å²) in [5, 5.41) is 0. The highest BCUT2D eigenvalue weighted by Crippen LogP contribution is 2.27. The van der Waals surface area contributed by atoms with Gasteiger partial charge in [0.2, 0.25) is 6.10 Å². The quantitative estimate of drug-likeness (QED) is 0.843. The van der Waals surface area contributed by atoms with Gasteiger partial charge in [-0.3, -0.25) is 4.79 Å². The van der Waals surface area contributed by atoms with E-state index in [9.17, 15) is 4.79 Å². The summed E-state index contributed by atoms with van der Waals surface area (Å²) in [6.07, 6.45) is -0.693. The van der Waals surface area contributed by atoms with Gasteiger partial charge < -0.3 is 10.5 Å². The Balaban J connectivity index is 2.32. The minimum absolute atomic E-state index is 0.0679. The van der Waals surface area contributed by atoms with Crippen molar-refractivity contribution >= 4 is 27.9 Å². The van der Waals surface area contributed by atoms with Gasteiger partial charge in [0, 0.05) is 10.0 Å². The molecule has 2 rings (SSSR count). The predicted octanol–water partition coefficient (Wildman–Crippen LogP) is 1.67. The number of nitrogens with two attached hydrogens (primary N) is 1. The number of halogens is 1. The third-order valence-corrected chi connectivity index (χ3v) is 3.04. The number of aryl methyl sites for hydroxylation is 1. The summed E-state index contributed by atoms with van der Waals surface area (Å²) in [5.74, 6) is -0.358. The van der Waals surface area contributed by atoms with E-state index in [0.29, 0.717) is 0 Å². The lowest BCUT2D eigenvalue weighted by atomic mass is 10.1. The molecule has 1 unspecified atom stereocenters. The fourth-order valence-corrected chi connectivity index (χ4v) is 1.74. The molecule has 1 amide bonds. The summed E-state index contributed by atoms with van der Waals surface area (Å²) in [7, 11) is 0. The molecule has 0 spiro atoms. The number of carbonyl (C=O) groups is 1. The first-order valence-electron chi connectivity index (χ1n) is 4.38. The van der Waals surface area contributed by atoms with Crippen LogP contribution in [0, 0.1) is 6.92 Å². The van der Waals surface area contributed by atoms with Gasteiger partial charge in [-0.05, 0) is 18.6 Å². The van der Waals surface area contributed by atoms with E-state index in [1.807, 2.05) is 25.1 Å². The lowest BCUT2D eigenvalue weighted by molar-refractivity contribution is -0.122. The maximum absolute atomic E-state index is 11.4. The number of ether oxygens (including phenoxy) is 1. The molecule has 4 nitrogen and oxygen atoms in total. The molecular weight excluding hydrogens is 260 g/mol. The SMILES string of the molecule is Cc1ccc(C2OC(N)=NC2=O)cc1Br. The number of nitrogens with zero attached hydrogens (tertiary/aromatic N) is 1. The van der Waals surface area contributed by atoms with E-state index in [1.54, 1.807) is 0 Å². The van der Waals surface area contributed by atoms with Crippen LogP contribution in [-0.2, 0) is 9.53 Å². The van der Waals surface area contributed by atoms with E-state index >= 15 is 0 Å². The van der Waals surface area contributed by atoms with Crippen molar-refractivity contribution in [2.75, 3.05) is 0 Å². The molecule has 1 atom stereocenters. The monoisotopic (exact) mass is 268 g/mol. The largest absolute Gasteiger partial charge is 0.447 e. The lowest BCUT2D eigenvalue weighted by Crippen LogP contribution is -2.14. The molecule has 2 N–H and O–H groups in total. The van der Waals surface area contributed by atoms with E-state index in [1.165, 1.54) is 0 Å². The van der Waals surface area contributed by atoms with Crippen LogP contribution in [0.25, 0.3) is 0 Å². The Morgan fingerprint density at radius 3 is 2.80 bits per heavy atom.